The zero-order valence-corrected chi connectivity index (χ0v) is 11.0. The number of hydrogen-bond donors (Lipinski definition) is 3. The number of aliphatic carboxylic acids is 1. The van der Waals surface area contributed by atoms with Gasteiger partial charge in [0.05, 0.1) is 11.5 Å². The summed E-state index contributed by atoms with van der Waals surface area (Å²) in [5.74, 6) is -0.833. The van der Waals surface area contributed by atoms with Gasteiger partial charge < -0.3 is 20.4 Å². The first-order valence-corrected chi connectivity index (χ1v) is 6.28. The van der Waals surface area contributed by atoms with Gasteiger partial charge in [0.25, 0.3) is 0 Å². The summed E-state index contributed by atoms with van der Waals surface area (Å²) >= 11 is 0. The molecule has 0 saturated heterocycles. The van der Waals surface area contributed by atoms with E-state index in [0.717, 1.165) is 6.42 Å². The molecule has 1 saturated carbocycles. The quantitative estimate of drug-likeness (QED) is 0.652. The molecule has 1 unspecified atom stereocenters. The Morgan fingerprint density at radius 2 is 2.06 bits per heavy atom. The van der Waals surface area contributed by atoms with Crippen molar-refractivity contribution in [3.63, 3.8) is 0 Å². The minimum Gasteiger partial charge on any atom is -0.481 e. The van der Waals surface area contributed by atoms with Crippen molar-refractivity contribution in [2.45, 2.75) is 38.7 Å². The highest BCUT2D eigenvalue weighted by molar-refractivity contribution is 5.78. The van der Waals surface area contributed by atoms with Crippen molar-refractivity contribution >= 4 is 12.0 Å². The topological polar surface area (TPSA) is 89.9 Å². The number of nitrogens with one attached hydrogen (secondary N) is 1. The van der Waals surface area contributed by atoms with E-state index in [1.54, 1.807) is 14.0 Å². The van der Waals surface area contributed by atoms with E-state index < -0.39 is 17.5 Å². The molecule has 0 spiro atoms. The van der Waals surface area contributed by atoms with Gasteiger partial charge in [0, 0.05) is 20.1 Å². The van der Waals surface area contributed by atoms with Gasteiger partial charge in [0.2, 0.25) is 0 Å². The van der Waals surface area contributed by atoms with E-state index in [9.17, 15) is 9.59 Å². The number of rotatable bonds is 6. The van der Waals surface area contributed by atoms with Crippen LogP contribution in [0.4, 0.5) is 4.79 Å². The number of carbonyl (C=O) groups is 2. The fourth-order valence-electron chi connectivity index (χ4n) is 1.93. The predicted octanol–water partition coefficient (Wildman–Crippen LogP) is 0.654. The van der Waals surface area contributed by atoms with Gasteiger partial charge in [-0.1, -0.05) is 6.42 Å². The Morgan fingerprint density at radius 1 is 1.44 bits per heavy atom. The molecule has 1 aliphatic rings. The summed E-state index contributed by atoms with van der Waals surface area (Å²) in [6.45, 7) is 2.29. The van der Waals surface area contributed by atoms with Crippen molar-refractivity contribution in [3.05, 3.63) is 0 Å². The van der Waals surface area contributed by atoms with Crippen LogP contribution in [0.25, 0.3) is 0 Å². The van der Waals surface area contributed by atoms with Crippen molar-refractivity contribution in [2.75, 3.05) is 20.1 Å². The Kier molecular flexibility index (Phi) is 4.95. The lowest BCUT2D eigenvalue weighted by Crippen LogP contribution is -2.50. The number of carboxylic acid groups (broad SMARTS) is 1. The fraction of sp³-hybridized carbons (Fsp3) is 0.833. The Morgan fingerprint density at radius 3 is 2.44 bits per heavy atom. The molecule has 0 radical (unpaired) electrons. The molecule has 0 aromatic rings. The van der Waals surface area contributed by atoms with Gasteiger partial charge >= 0.3 is 12.0 Å². The van der Waals surface area contributed by atoms with Gasteiger partial charge in [-0.05, 0) is 26.2 Å². The molecule has 18 heavy (non-hydrogen) atoms. The Hall–Kier alpha value is -1.30. The third-order valence-electron chi connectivity index (χ3n) is 3.57. The maximum Gasteiger partial charge on any atom is 0.317 e. The smallest absolute Gasteiger partial charge is 0.317 e. The van der Waals surface area contributed by atoms with Crippen LogP contribution in [0.3, 0.4) is 0 Å². The number of amides is 2. The molecule has 0 aromatic carbocycles. The zero-order chi connectivity index (χ0) is 13.8. The molecule has 1 fully saturated rings. The maximum atomic E-state index is 11.7. The molecule has 2 amide bonds. The summed E-state index contributed by atoms with van der Waals surface area (Å²) in [7, 11) is 1.63. The van der Waals surface area contributed by atoms with Crippen molar-refractivity contribution in [1.82, 2.24) is 10.2 Å². The SMILES string of the molecule is CC(O)CCN(C)C(=O)NCC1(C(=O)O)CCC1. The largest absolute Gasteiger partial charge is 0.481 e. The molecule has 0 aromatic heterocycles. The summed E-state index contributed by atoms with van der Waals surface area (Å²) in [6.07, 6.45) is 2.21. The molecule has 0 aliphatic heterocycles. The molecule has 0 heterocycles. The first-order chi connectivity index (χ1) is 8.37. The number of nitrogens with zero attached hydrogens (tertiary/aromatic N) is 1. The lowest BCUT2D eigenvalue weighted by Gasteiger charge is -2.38. The zero-order valence-electron chi connectivity index (χ0n) is 11.0. The van der Waals surface area contributed by atoms with Crippen LogP contribution in [0.5, 0.6) is 0 Å². The molecule has 6 heteroatoms. The second-order valence-electron chi connectivity index (χ2n) is 5.16. The van der Waals surface area contributed by atoms with Crippen LogP contribution in [0.15, 0.2) is 0 Å². The molecular weight excluding hydrogens is 236 g/mol. The van der Waals surface area contributed by atoms with E-state index in [-0.39, 0.29) is 12.6 Å². The van der Waals surface area contributed by atoms with Crippen molar-refractivity contribution in [1.29, 1.82) is 0 Å². The lowest BCUT2D eigenvalue weighted by molar-refractivity contribution is -0.153. The third-order valence-corrected chi connectivity index (χ3v) is 3.57. The van der Waals surface area contributed by atoms with Crippen LogP contribution in [-0.4, -0.2) is 53.4 Å². The monoisotopic (exact) mass is 258 g/mol. The van der Waals surface area contributed by atoms with E-state index >= 15 is 0 Å². The predicted molar refractivity (Wildman–Crippen MR) is 66.2 cm³/mol. The third kappa shape index (κ3) is 3.60. The molecule has 1 rings (SSSR count). The van der Waals surface area contributed by atoms with Crippen LogP contribution in [0.2, 0.25) is 0 Å². The number of carboxylic acids is 1. The lowest BCUT2D eigenvalue weighted by atomic mass is 9.69. The molecular formula is C12H22N2O4. The van der Waals surface area contributed by atoms with E-state index in [1.807, 2.05) is 0 Å². The van der Waals surface area contributed by atoms with E-state index in [1.165, 1.54) is 4.90 Å². The minimum absolute atomic E-state index is 0.181. The Balaban J connectivity index is 2.34. The van der Waals surface area contributed by atoms with Crippen molar-refractivity contribution < 1.29 is 19.8 Å². The van der Waals surface area contributed by atoms with E-state index in [2.05, 4.69) is 5.32 Å². The van der Waals surface area contributed by atoms with Crippen LogP contribution in [0.1, 0.15) is 32.6 Å². The summed E-state index contributed by atoms with van der Waals surface area (Å²) in [5, 5.41) is 20.9. The van der Waals surface area contributed by atoms with Crippen molar-refractivity contribution in [2.24, 2.45) is 5.41 Å². The second-order valence-corrected chi connectivity index (χ2v) is 5.16. The number of aliphatic hydroxyl groups is 1. The van der Waals surface area contributed by atoms with Gasteiger partial charge in [0.15, 0.2) is 0 Å². The molecule has 104 valence electrons. The number of carbonyl (C=O) groups excluding carboxylic acids is 1. The number of urea groups is 1. The summed E-state index contributed by atoms with van der Waals surface area (Å²) in [5.41, 5.74) is -0.763. The molecule has 1 aliphatic carbocycles. The molecule has 3 N–H and O–H groups in total. The first-order valence-electron chi connectivity index (χ1n) is 6.28. The average Bonchev–Trinajstić information content (AvgIpc) is 2.23. The summed E-state index contributed by atoms with van der Waals surface area (Å²) < 4.78 is 0. The second kappa shape index (κ2) is 6.04. The molecule has 0 bridgehead atoms. The fourth-order valence-corrected chi connectivity index (χ4v) is 1.93. The van der Waals surface area contributed by atoms with Crippen LogP contribution in [0, 0.1) is 5.41 Å². The van der Waals surface area contributed by atoms with Crippen LogP contribution >= 0.6 is 0 Å². The van der Waals surface area contributed by atoms with Crippen molar-refractivity contribution in [3.8, 4) is 0 Å². The van der Waals surface area contributed by atoms with Gasteiger partial charge in [-0.15, -0.1) is 0 Å². The molecule has 1 atom stereocenters. The normalized spacial score (nSPS) is 18.6. The summed E-state index contributed by atoms with van der Waals surface area (Å²) in [4.78, 5) is 24.3. The van der Waals surface area contributed by atoms with Crippen LogP contribution in [-0.2, 0) is 4.79 Å². The molecule has 6 nitrogen and oxygen atoms in total. The average molecular weight is 258 g/mol. The Bertz CT molecular complexity index is 313. The Labute approximate surface area is 107 Å². The number of aliphatic hydroxyl groups excluding tert-OH is 1. The van der Waals surface area contributed by atoms with Gasteiger partial charge in [-0.25, -0.2) is 4.79 Å². The highest BCUT2D eigenvalue weighted by Crippen LogP contribution is 2.40. The highest BCUT2D eigenvalue weighted by atomic mass is 16.4. The van der Waals surface area contributed by atoms with Gasteiger partial charge in [-0.2, -0.15) is 0 Å². The first kappa shape index (κ1) is 14.8. The van der Waals surface area contributed by atoms with Gasteiger partial charge in [0.1, 0.15) is 0 Å². The van der Waals surface area contributed by atoms with Crippen LogP contribution < -0.4 is 5.32 Å². The maximum absolute atomic E-state index is 11.7. The minimum atomic E-state index is -0.833. The highest BCUT2D eigenvalue weighted by Gasteiger charge is 2.44. The van der Waals surface area contributed by atoms with E-state index in [0.29, 0.717) is 25.8 Å². The van der Waals surface area contributed by atoms with E-state index in [4.69, 9.17) is 10.2 Å². The summed E-state index contributed by atoms with van der Waals surface area (Å²) in [6, 6.07) is -0.289. The standard InChI is InChI=1S/C12H22N2O4/c1-9(15)4-7-14(2)11(18)13-8-12(10(16)17)5-3-6-12/h9,15H,3-8H2,1-2H3,(H,13,18)(H,16,17). The number of hydrogen-bond acceptors (Lipinski definition) is 3. The van der Waals surface area contributed by atoms with Gasteiger partial charge in [-0.3, -0.25) is 4.79 Å².